The van der Waals surface area contributed by atoms with Crippen molar-refractivity contribution < 1.29 is 9.90 Å². The summed E-state index contributed by atoms with van der Waals surface area (Å²) in [6.07, 6.45) is 5.33. The highest BCUT2D eigenvalue weighted by Gasteiger charge is 2.28. The van der Waals surface area contributed by atoms with E-state index in [-0.39, 0.29) is 17.9 Å². The summed E-state index contributed by atoms with van der Waals surface area (Å²) in [5.41, 5.74) is 2.84. The van der Waals surface area contributed by atoms with E-state index < -0.39 is 0 Å². The van der Waals surface area contributed by atoms with Crippen molar-refractivity contribution in [3.05, 3.63) is 6.92 Å². The predicted molar refractivity (Wildman–Crippen MR) is 67.9 cm³/mol. The van der Waals surface area contributed by atoms with Gasteiger partial charge < -0.3 is 5.11 Å². The van der Waals surface area contributed by atoms with Gasteiger partial charge in [0.25, 0.3) is 0 Å². The molecule has 0 bridgehead atoms. The van der Waals surface area contributed by atoms with Crippen LogP contribution < -0.4 is 5.43 Å². The van der Waals surface area contributed by atoms with Crippen LogP contribution in [0.3, 0.4) is 0 Å². The van der Waals surface area contributed by atoms with E-state index in [9.17, 15) is 9.90 Å². The monoisotopic (exact) mass is 241 g/mol. The molecule has 4 nitrogen and oxygen atoms in total. The maximum Gasteiger partial charge on any atom is 0.238 e. The molecule has 1 heterocycles. The van der Waals surface area contributed by atoms with Gasteiger partial charge in [-0.25, -0.2) is 5.01 Å². The minimum atomic E-state index is -0.183. The third kappa shape index (κ3) is 5.04. The number of amides is 1. The molecule has 1 saturated heterocycles. The smallest absolute Gasteiger partial charge is 0.238 e. The van der Waals surface area contributed by atoms with Crippen molar-refractivity contribution >= 4 is 5.91 Å². The lowest BCUT2D eigenvalue weighted by Gasteiger charge is -2.16. The molecule has 2 unspecified atom stereocenters. The van der Waals surface area contributed by atoms with Gasteiger partial charge in [0.2, 0.25) is 5.91 Å². The molecule has 0 saturated carbocycles. The Morgan fingerprint density at radius 3 is 2.82 bits per heavy atom. The first-order chi connectivity index (χ1) is 8.17. The van der Waals surface area contributed by atoms with Crippen molar-refractivity contribution in [2.24, 2.45) is 5.92 Å². The Balaban J connectivity index is 2.09. The number of hydrogen-bond donors (Lipinski definition) is 2. The van der Waals surface area contributed by atoms with Crippen LogP contribution >= 0.6 is 0 Å². The topological polar surface area (TPSA) is 52.6 Å². The molecule has 1 fully saturated rings. The lowest BCUT2D eigenvalue weighted by molar-refractivity contribution is -0.123. The minimum Gasteiger partial charge on any atom is -0.393 e. The number of hydrazine groups is 1. The fourth-order valence-corrected chi connectivity index (χ4v) is 2.11. The van der Waals surface area contributed by atoms with Crippen LogP contribution in [0.5, 0.6) is 0 Å². The highest BCUT2D eigenvalue weighted by atomic mass is 16.3. The van der Waals surface area contributed by atoms with E-state index in [1.807, 2.05) is 5.01 Å². The van der Waals surface area contributed by atoms with Crippen LogP contribution in [0, 0.1) is 12.8 Å². The number of carbonyl (C=O) groups excluding carboxylic acids is 1. The Morgan fingerprint density at radius 2 is 2.24 bits per heavy atom. The zero-order valence-electron chi connectivity index (χ0n) is 10.8. The van der Waals surface area contributed by atoms with Crippen molar-refractivity contribution in [1.82, 2.24) is 10.4 Å². The summed E-state index contributed by atoms with van der Waals surface area (Å²) in [6.45, 7) is 7.48. The van der Waals surface area contributed by atoms with E-state index in [4.69, 9.17) is 0 Å². The Hall–Kier alpha value is -0.610. The molecule has 0 aromatic carbocycles. The highest BCUT2D eigenvalue weighted by molar-refractivity contribution is 5.80. The van der Waals surface area contributed by atoms with Crippen LogP contribution in [0.4, 0.5) is 0 Å². The van der Waals surface area contributed by atoms with Crippen LogP contribution in [0.2, 0.25) is 0 Å². The number of rotatable bonds is 8. The van der Waals surface area contributed by atoms with Crippen molar-refractivity contribution in [3.63, 3.8) is 0 Å². The molecule has 0 aliphatic carbocycles. The highest BCUT2D eigenvalue weighted by Crippen LogP contribution is 2.13. The molecular weight excluding hydrogens is 216 g/mol. The van der Waals surface area contributed by atoms with E-state index in [0.717, 1.165) is 45.2 Å². The average Bonchev–Trinajstić information content (AvgIpc) is 2.67. The summed E-state index contributed by atoms with van der Waals surface area (Å²) in [7, 11) is 0. The Labute approximate surface area is 104 Å². The van der Waals surface area contributed by atoms with Crippen molar-refractivity contribution in [2.45, 2.75) is 51.6 Å². The predicted octanol–water partition coefficient (Wildman–Crippen LogP) is 1.50. The molecule has 1 radical (unpaired) electrons. The van der Waals surface area contributed by atoms with E-state index in [1.165, 1.54) is 0 Å². The lowest BCUT2D eigenvalue weighted by atomic mass is 10.1. The number of hydrogen-bond acceptors (Lipinski definition) is 3. The molecule has 17 heavy (non-hydrogen) atoms. The van der Waals surface area contributed by atoms with Gasteiger partial charge in [-0.3, -0.25) is 10.2 Å². The van der Waals surface area contributed by atoms with Gasteiger partial charge in [0.05, 0.1) is 12.0 Å². The van der Waals surface area contributed by atoms with Crippen molar-refractivity contribution in [3.8, 4) is 0 Å². The van der Waals surface area contributed by atoms with Gasteiger partial charge in [-0.1, -0.05) is 26.7 Å². The summed E-state index contributed by atoms with van der Waals surface area (Å²) in [6, 6.07) is 0. The molecule has 4 heteroatoms. The summed E-state index contributed by atoms with van der Waals surface area (Å²) >= 11 is 0. The molecule has 0 aromatic heterocycles. The molecular formula is C13H25N2O2. The van der Waals surface area contributed by atoms with Gasteiger partial charge in [-0.15, -0.1) is 0 Å². The molecule has 1 amide bonds. The zero-order chi connectivity index (χ0) is 12.7. The van der Waals surface area contributed by atoms with Crippen LogP contribution in [-0.4, -0.2) is 35.2 Å². The summed E-state index contributed by atoms with van der Waals surface area (Å²) in [5, 5.41) is 11.6. The van der Waals surface area contributed by atoms with Gasteiger partial charge in [0, 0.05) is 13.1 Å². The van der Waals surface area contributed by atoms with Crippen molar-refractivity contribution in [1.29, 1.82) is 0 Å². The SMILES string of the molecule is [CH2]CC1CN(CCCC(O)CCCC)NC1=O. The number of nitrogens with one attached hydrogen (secondary N) is 1. The number of aliphatic hydroxyl groups excluding tert-OH is 1. The fourth-order valence-electron chi connectivity index (χ4n) is 2.11. The fraction of sp³-hybridized carbons (Fsp3) is 0.846. The summed E-state index contributed by atoms with van der Waals surface area (Å²) in [5.74, 6) is 0.131. The third-order valence-electron chi connectivity index (χ3n) is 3.28. The molecule has 0 aromatic rings. The summed E-state index contributed by atoms with van der Waals surface area (Å²) in [4.78, 5) is 11.4. The standard InChI is InChI=1S/C13H25N2O2/c1-3-5-7-12(16)8-6-9-15-10-11(4-2)13(17)14-15/h11-12,16H,2-10H2,1H3,(H,14,17). The van der Waals surface area contributed by atoms with Gasteiger partial charge in [-0.05, 0) is 25.7 Å². The van der Waals surface area contributed by atoms with Crippen LogP contribution in [0.15, 0.2) is 0 Å². The number of unbranched alkanes of at least 4 members (excludes halogenated alkanes) is 1. The second-order valence-electron chi connectivity index (χ2n) is 4.85. The maximum absolute atomic E-state index is 11.4. The number of aliphatic hydroxyl groups is 1. The Morgan fingerprint density at radius 1 is 1.53 bits per heavy atom. The molecule has 1 aliphatic heterocycles. The second kappa shape index (κ2) is 7.67. The van der Waals surface area contributed by atoms with E-state index in [0.29, 0.717) is 6.42 Å². The zero-order valence-corrected chi connectivity index (χ0v) is 10.8. The normalized spacial score (nSPS) is 22.8. The molecule has 0 spiro atoms. The lowest BCUT2D eigenvalue weighted by Crippen LogP contribution is -2.34. The van der Waals surface area contributed by atoms with Crippen LogP contribution in [0.25, 0.3) is 0 Å². The van der Waals surface area contributed by atoms with E-state index >= 15 is 0 Å². The van der Waals surface area contributed by atoms with Crippen molar-refractivity contribution in [2.75, 3.05) is 13.1 Å². The van der Waals surface area contributed by atoms with Crippen LogP contribution in [-0.2, 0) is 4.79 Å². The first-order valence-electron chi connectivity index (χ1n) is 6.70. The molecule has 2 N–H and O–H groups in total. The molecule has 1 aliphatic rings. The maximum atomic E-state index is 11.4. The second-order valence-corrected chi connectivity index (χ2v) is 4.85. The minimum absolute atomic E-state index is 0.0417. The first kappa shape index (κ1) is 14.5. The third-order valence-corrected chi connectivity index (χ3v) is 3.28. The van der Waals surface area contributed by atoms with E-state index in [2.05, 4.69) is 19.3 Å². The van der Waals surface area contributed by atoms with Gasteiger partial charge >= 0.3 is 0 Å². The molecule has 2 atom stereocenters. The Bertz CT molecular complexity index is 233. The largest absolute Gasteiger partial charge is 0.393 e. The average molecular weight is 241 g/mol. The van der Waals surface area contributed by atoms with E-state index in [1.54, 1.807) is 0 Å². The Kier molecular flexibility index (Phi) is 6.52. The first-order valence-corrected chi connectivity index (χ1v) is 6.70. The van der Waals surface area contributed by atoms with Gasteiger partial charge in [0.1, 0.15) is 0 Å². The molecule has 1 rings (SSSR count). The van der Waals surface area contributed by atoms with Crippen LogP contribution in [0.1, 0.15) is 45.4 Å². The number of carbonyl (C=O) groups is 1. The van der Waals surface area contributed by atoms with Gasteiger partial charge in [0.15, 0.2) is 0 Å². The quantitative estimate of drug-likeness (QED) is 0.677. The van der Waals surface area contributed by atoms with Gasteiger partial charge in [-0.2, -0.15) is 0 Å². The number of nitrogens with zero attached hydrogens (tertiary/aromatic N) is 1. The summed E-state index contributed by atoms with van der Waals surface area (Å²) < 4.78 is 0. The molecule has 99 valence electrons.